The van der Waals surface area contributed by atoms with Crippen LogP contribution in [-0.4, -0.2) is 30.1 Å². The number of hydrogen-bond acceptors (Lipinski definition) is 3. The van der Waals surface area contributed by atoms with E-state index < -0.39 is 0 Å². The van der Waals surface area contributed by atoms with Gasteiger partial charge in [-0.1, -0.05) is 18.5 Å². The van der Waals surface area contributed by atoms with E-state index in [4.69, 9.17) is 11.6 Å². The molecule has 5 heteroatoms. The minimum atomic E-state index is 0.473. The average Bonchev–Trinajstić information content (AvgIpc) is 2.25. The number of nitrogens with zero attached hydrogens (tertiary/aromatic N) is 2. The number of thioether (sulfide) groups is 1. The molecule has 0 fully saturated rings. The van der Waals surface area contributed by atoms with Gasteiger partial charge in [0, 0.05) is 29.5 Å². The Labute approximate surface area is 115 Å². The van der Waals surface area contributed by atoms with Gasteiger partial charge in [-0.05, 0) is 34.7 Å². The fourth-order valence-electron chi connectivity index (χ4n) is 1.54. The zero-order valence-corrected chi connectivity index (χ0v) is 12.9. The normalized spacial score (nSPS) is 12.6. The van der Waals surface area contributed by atoms with E-state index in [1.807, 2.05) is 24.9 Å². The molecule has 0 amide bonds. The van der Waals surface area contributed by atoms with Crippen molar-refractivity contribution in [1.29, 1.82) is 0 Å². The molecule has 1 heterocycles. The molecule has 1 atom stereocenters. The van der Waals surface area contributed by atoms with E-state index in [0.717, 1.165) is 22.5 Å². The van der Waals surface area contributed by atoms with Crippen LogP contribution >= 0.6 is 39.3 Å². The first-order valence-corrected chi connectivity index (χ1v) is 7.69. The SMILES string of the molecule is CCC(CSC)N(C)c1ncc(Br)cc1Cl. The van der Waals surface area contributed by atoms with Crippen LogP contribution in [0.3, 0.4) is 0 Å². The van der Waals surface area contributed by atoms with Crippen LogP contribution in [0.15, 0.2) is 16.7 Å². The molecule has 0 saturated carbocycles. The largest absolute Gasteiger partial charge is 0.355 e. The predicted octanol–water partition coefficient (Wildman–Crippen LogP) is 4.08. The first kappa shape index (κ1) is 14.1. The Hall–Kier alpha value is 0.0700. The van der Waals surface area contributed by atoms with E-state index in [9.17, 15) is 0 Å². The fraction of sp³-hybridized carbons (Fsp3) is 0.545. The molecule has 0 aliphatic rings. The highest BCUT2D eigenvalue weighted by Crippen LogP contribution is 2.27. The number of pyridine rings is 1. The van der Waals surface area contributed by atoms with Crippen LogP contribution in [0, 0.1) is 0 Å². The lowest BCUT2D eigenvalue weighted by Crippen LogP contribution is -2.33. The van der Waals surface area contributed by atoms with Gasteiger partial charge in [0.05, 0.1) is 5.02 Å². The highest BCUT2D eigenvalue weighted by atomic mass is 79.9. The first-order valence-electron chi connectivity index (χ1n) is 5.13. The molecule has 1 rings (SSSR count). The van der Waals surface area contributed by atoms with Gasteiger partial charge >= 0.3 is 0 Å². The Bertz CT molecular complexity index is 349. The standard InChI is InChI=1S/C11H16BrClN2S/c1-4-9(7-16-3)15(2)11-10(13)5-8(12)6-14-11/h5-6,9H,4,7H2,1-3H3. The summed E-state index contributed by atoms with van der Waals surface area (Å²) in [6.45, 7) is 2.18. The van der Waals surface area contributed by atoms with Gasteiger partial charge in [0.1, 0.15) is 5.82 Å². The van der Waals surface area contributed by atoms with Crippen LogP contribution < -0.4 is 4.90 Å². The molecule has 0 spiro atoms. The molecular weight excluding hydrogens is 308 g/mol. The Morgan fingerprint density at radius 2 is 2.31 bits per heavy atom. The second-order valence-electron chi connectivity index (χ2n) is 3.59. The zero-order chi connectivity index (χ0) is 12.1. The summed E-state index contributed by atoms with van der Waals surface area (Å²) in [5.41, 5.74) is 0. The lowest BCUT2D eigenvalue weighted by atomic mass is 10.2. The molecule has 0 radical (unpaired) electrons. The lowest BCUT2D eigenvalue weighted by Gasteiger charge is -2.28. The molecule has 1 aromatic heterocycles. The summed E-state index contributed by atoms with van der Waals surface area (Å²) in [6.07, 6.45) is 4.99. The number of aromatic nitrogens is 1. The Morgan fingerprint density at radius 1 is 1.62 bits per heavy atom. The zero-order valence-electron chi connectivity index (χ0n) is 9.70. The lowest BCUT2D eigenvalue weighted by molar-refractivity contribution is 0.666. The fourth-order valence-corrected chi connectivity index (χ4v) is 3.14. The van der Waals surface area contributed by atoms with Crippen LogP contribution in [-0.2, 0) is 0 Å². The molecule has 90 valence electrons. The van der Waals surface area contributed by atoms with Crippen LogP contribution in [0.1, 0.15) is 13.3 Å². The van der Waals surface area contributed by atoms with Crippen LogP contribution in [0.4, 0.5) is 5.82 Å². The second kappa shape index (κ2) is 6.72. The van der Waals surface area contributed by atoms with Gasteiger partial charge in [-0.2, -0.15) is 11.8 Å². The molecule has 1 unspecified atom stereocenters. The summed E-state index contributed by atoms with van der Waals surface area (Å²) < 4.78 is 0.910. The molecule has 0 aromatic carbocycles. The quantitative estimate of drug-likeness (QED) is 0.812. The molecule has 0 N–H and O–H groups in total. The maximum Gasteiger partial charge on any atom is 0.147 e. The van der Waals surface area contributed by atoms with Crippen molar-refractivity contribution in [2.45, 2.75) is 19.4 Å². The molecule has 2 nitrogen and oxygen atoms in total. The van der Waals surface area contributed by atoms with Gasteiger partial charge in [0.15, 0.2) is 0 Å². The van der Waals surface area contributed by atoms with Crippen molar-refractivity contribution in [2.75, 3.05) is 24.0 Å². The Balaban J connectivity index is 2.89. The van der Waals surface area contributed by atoms with Crippen molar-refractivity contribution in [1.82, 2.24) is 4.98 Å². The van der Waals surface area contributed by atoms with E-state index in [-0.39, 0.29) is 0 Å². The monoisotopic (exact) mass is 322 g/mol. The first-order chi connectivity index (χ1) is 7.60. The van der Waals surface area contributed by atoms with Crippen molar-refractivity contribution < 1.29 is 0 Å². The summed E-state index contributed by atoms with van der Waals surface area (Å²) in [6, 6.07) is 2.35. The maximum atomic E-state index is 6.18. The molecule has 0 bridgehead atoms. The molecule has 16 heavy (non-hydrogen) atoms. The van der Waals surface area contributed by atoms with Crippen molar-refractivity contribution in [3.8, 4) is 0 Å². The maximum absolute atomic E-state index is 6.18. The summed E-state index contributed by atoms with van der Waals surface area (Å²) >= 11 is 11.4. The number of rotatable bonds is 5. The molecule has 0 aliphatic heterocycles. The Morgan fingerprint density at radius 3 is 2.81 bits per heavy atom. The van der Waals surface area contributed by atoms with Gasteiger partial charge in [0.2, 0.25) is 0 Å². The minimum Gasteiger partial charge on any atom is -0.355 e. The van der Waals surface area contributed by atoms with Crippen molar-refractivity contribution in [3.05, 3.63) is 21.8 Å². The van der Waals surface area contributed by atoms with E-state index in [0.29, 0.717) is 11.1 Å². The molecule has 1 aromatic rings. The van der Waals surface area contributed by atoms with E-state index >= 15 is 0 Å². The smallest absolute Gasteiger partial charge is 0.147 e. The highest BCUT2D eigenvalue weighted by molar-refractivity contribution is 9.10. The van der Waals surface area contributed by atoms with Crippen molar-refractivity contribution in [2.24, 2.45) is 0 Å². The third-order valence-corrected chi connectivity index (χ3v) is 3.93. The van der Waals surface area contributed by atoms with Crippen molar-refractivity contribution >= 4 is 45.1 Å². The van der Waals surface area contributed by atoms with Gasteiger partial charge in [-0.3, -0.25) is 0 Å². The van der Waals surface area contributed by atoms with Crippen LogP contribution in [0.25, 0.3) is 0 Å². The van der Waals surface area contributed by atoms with E-state index in [2.05, 4.69) is 39.0 Å². The number of hydrogen-bond donors (Lipinski definition) is 0. The number of halogens is 2. The molecular formula is C11H16BrClN2S. The topological polar surface area (TPSA) is 16.1 Å². The van der Waals surface area contributed by atoms with Gasteiger partial charge in [-0.25, -0.2) is 4.98 Å². The second-order valence-corrected chi connectivity index (χ2v) is 5.82. The van der Waals surface area contributed by atoms with Crippen LogP contribution in [0.2, 0.25) is 5.02 Å². The summed E-state index contributed by atoms with van der Waals surface area (Å²) in [5.74, 6) is 1.94. The highest BCUT2D eigenvalue weighted by Gasteiger charge is 2.16. The van der Waals surface area contributed by atoms with Gasteiger partial charge < -0.3 is 4.90 Å². The van der Waals surface area contributed by atoms with Crippen LogP contribution in [0.5, 0.6) is 0 Å². The minimum absolute atomic E-state index is 0.473. The third-order valence-electron chi connectivity index (χ3n) is 2.50. The number of anilines is 1. The summed E-state index contributed by atoms with van der Waals surface area (Å²) in [7, 11) is 2.05. The molecule has 0 saturated heterocycles. The van der Waals surface area contributed by atoms with E-state index in [1.54, 1.807) is 6.20 Å². The predicted molar refractivity (Wildman–Crippen MR) is 77.8 cm³/mol. The third kappa shape index (κ3) is 3.54. The average molecular weight is 324 g/mol. The summed E-state index contributed by atoms with van der Waals surface area (Å²) in [5, 5.41) is 0.691. The van der Waals surface area contributed by atoms with Gasteiger partial charge in [0.25, 0.3) is 0 Å². The summed E-state index contributed by atoms with van der Waals surface area (Å²) in [4.78, 5) is 6.52. The Kier molecular flexibility index (Phi) is 5.94. The van der Waals surface area contributed by atoms with Crippen molar-refractivity contribution in [3.63, 3.8) is 0 Å². The molecule has 0 aliphatic carbocycles. The van der Waals surface area contributed by atoms with E-state index in [1.165, 1.54) is 0 Å². The van der Waals surface area contributed by atoms with Gasteiger partial charge in [-0.15, -0.1) is 0 Å².